The van der Waals surface area contributed by atoms with Crippen LogP contribution < -0.4 is 0 Å². The van der Waals surface area contributed by atoms with Gasteiger partial charge in [-0.15, -0.1) is 0 Å². The molecule has 0 N–H and O–H groups in total. The molecule has 0 amide bonds. The number of allylic oxidation sites excluding steroid dienone is 1. The first-order chi connectivity index (χ1) is 7.22. The number of para-hydroxylation sites is 2. The molecule has 2 nitrogen and oxygen atoms in total. The summed E-state index contributed by atoms with van der Waals surface area (Å²) in [5.41, 5.74) is 3.45. The minimum Gasteiger partial charge on any atom is -0.324 e. The maximum absolute atomic E-state index is 4.61. The molecule has 1 aromatic carbocycles. The molecule has 0 fully saturated rings. The third-order valence-corrected chi connectivity index (χ3v) is 2.48. The van der Waals surface area contributed by atoms with Crippen LogP contribution in [0.3, 0.4) is 0 Å². The average Bonchev–Trinajstić information content (AvgIpc) is 2.56. The Bertz CT molecular complexity index is 494. The lowest BCUT2D eigenvalue weighted by Crippen LogP contribution is -2.03. The summed E-state index contributed by atoms with van der Waals surface area (Å²) in [7, 11) is 0. The predicted octanol–water partition coefficient (Wildman–Crippen LogP) is 3.17. The zero-order valence-corrected chi connectivity index (χ0v) is 9.33. The van der Waals surface area contributed by atoms with Crippen LogP contribution in [0.5, 0.6) is 0 Å². The van der Waals surface area contributed by atoms with Gasteiger partial charge in [0.1, 0.15) is 5.82 Å². The SMILES string of the molecule is C=C(C)Cn1c(CC)nc2ccccc21. The van der Waals surface area contributed by atoms with Gasteiger partial charge < -0.3 is 4.57 Å². The van der Waals surface area contributed by atoms with E-state index in [1.165, 1.54) is 5.52 Å². The molecule has 0 spiro atoms. The van der Waals surface area contributed by atoms with Crippen molar-refractivity contribution in [1.29, 1.82) is 0 Å². The molecule has 0 aliphatic rings. The van der Waals surface area contributed by atoms with Crippen molar-refractivity contribution in [2.75, 3.05) is 0 Å². The van der Waals surface area contributed by atoms with Crippen molar-refractivity contribution in [3.63, 3.8) is 0 Å². The molecule has 1 aromatic heterocycles. The molecule has 78 valence electrons. The summed E-state index contributed by atoms with van der Waals surface area (Å²) in [4.78, 5) is 4.61. The van der Waals surface area contributed by atoms with E-state index in [0.29, 0.717) is 0 Å². The van der Waals surface area contributed by atoms with Crippen LogP contribution in [0.1, 0.15) is 19.7 Å². The predicted molar refractivity (Wildman–Crippen MR) is 63.9 cm³/mol. The van der Waals surface area contributed by atoms with Crippen LogP contribution >= 0.6 is 0 Å². The molecule has 0 unspecified atom stereocenters. The zero-order valence-electron chi connectivity index (χ0n) is 9.33. The minimum atomic E-state index is 0.865. The van der Waals surface area contributed by atoms with Gasteiger partial charge in [-0.25, -0.2) is 4.98 Å². The number of fused-ring (bicyclic) bond motifs is 1. The average molecular weight is 200 g/mol. The first-order valence-electron chi connectivity index (χ1n) is 5.31. The Labute approximate surface area is 90.3 Å². The Kier molecular flexibility index (Phi) is 2.58. The second-order valence-electron chi connectivity index (χ2n) is 3.91. The van der Waals surface area contributed by atoms with E-state index in [0.717, 1.165) is 29.9 Å². The number of hydrogen-bond acceptors (Lipinski definition) is 1. The van der Waals surface area contributed by atoms with Gasteiger partial charge in [-0.3, -0.25) is 0 Å². The highest BCUT2D eigenvalue weighted by molar-refractivity contribution is 5.76. The van der Waals surface area contributed by atoms with Gasteiger partial charge in [0.2, 0.25) is 0 Å². The lowest BCUT2D eigenvalue weighted by Gasteiger charge is -2.07. The highest BCUT2D eigenvalue weighted by Crippen LogP contribution is 2.17. The minimum absolute atomic E-state index is 0.865. The molecule has 0 aliphatic heterocycles. The maximum Gasteiger partial charge on any atom is 0.109 e. The molecule has 0 aliphatic carbocycles. The number of benzene rings is 1. The monoisotopic (exact) mass is 200 g/mol. The normalized spacial score (nSPS) is 10.8. The van der Waals surface area contributed by atoms with Crippen molar-refractivity contribution in [3.05, 3.63) is 42.2 Å². The van der Waals surface area contributed by atoms with Gasteiger partial charge in [0.05, 0.1) is 11.0 Å². The summed E-state index contributed by atoms with van der Waals surface area (Å²) >= 11 is 0. The standard InChI is InChI=1S/C13H16N2/c1-4-13-14-11-7-5-6-8-12(11)15(13)9-10(2)3/h5-8H,2,4,9H2,1,3H3. The van der Waals surface area contributed by atoms with Crippen molar-refractivity contribution in [1.82, 2.24) is 9.55 Å². The Balaban J connectivity index is 2.61. The Hall–Kier alpha value is -1.57. The Morgan fingerprint density at radius 2 is 2.13 bits per heavy atom. The second-order valence-corrected chi connectivity index (χ2v) is 3.91. The highest BCUT2D eigenvalue weighted by atomic mass is 15.1. The van der Waals surface area contributed by atoms with E-state index < -0.39 is 0 Å². The first-order valence-corrected chi connectivity index (χ1v) is 5.31. The summed E-state index contributed by atoms with van der Waals surface area (Å²) in [5.74, 6) is 1.14. The van der Waals surface area contributed by atoms with Crippen LogP contribution in [-0.2, 0) is 13.0 Å². The van der Waals surface area contributed by atoms with E-state index >= 15 is 0 Å². The molecule has 15 heavy (non-hydrogen) atoms. The van der Waals surface area contributed by atoms with Crippen LogP contribution in [0.2, 0.25) is 0 Å². The van der Waals surface area contributed by atoms with Gasteiger partial charge in [-0.05, 0) is 19.1 Å². The molecule has 0 saturated heterocycles. The van der Waals surface area contributed by atoms with Crippen LogP contribution in [0.25, 0.3) is 11.0 Å². The maximum atomic E-state index is 4.61. The molecule has 0 radical (unpaired) electrons. The largest absolute Gasteiger partial charge is 0.324 e. The smallest absolute Gasteiger partial charge is 0.109 e. The molecular formula is C13H16N2. The second kappa shape index (κ2) is 3.89. The van der Waals surface area contributed by atoms with Gasteiger partial charge in [0.25, 0.3) is 0 Å². The number of imidazole rings is 1. The van der Waals surface area contributed by atoms with Crippen LogP contribution in [0.4, 0.5) is 0 Å². The fourth-order valence-corrected chi connectivity index (χ4v) is 1.84. The number of nitrogens with zero attached hydrogens (tertiary/aromatic N) is 2. The highest BCUT2D eigenvalue weighted by Gasteiger charge is 2.07. The van der Waals surface area contributed by atoms with Crippen molar-refractivity contribution in [2.24, 2.45) is 0 Å². The van der Waals surface area contributed by atoms with Crippen molar-refractivity contribution in [2.45, 2.75) is 26.8 Å². The topological polar surface area (TPSA) is 17.8 Å². The first kappa shape index (κ1) is 9.97. The van der Waals surface area contributed by atoms with E-state index in [2.05, 4.69) is 41.3 Å². The van der Waals surface area contributed by atoms with Crippen molar-refractivity contribution >= 4 is 11.0 Å². The fourth-order valence-electron chi connectivity index (χ4n) is 1.84. The molecule has 0 bridgehead atoms. The lowest BCUT2D eigenvalue weighted by molar-refractivity contribution is 0.744. The number of rotatable bonds is 3. The number of aromatic nitrogens is 2. The van der Waals surface area contributed by atoms with E-state index in [-0.39, 0.29) is 0 Å². The molecule has 0 atom stereocenters. The summed E-state index contributed by atoms with van der Waals surface area (Å²) in [5, 5.41) is 0. The van der Waals surface area contributed by atoms with Crippen molar-refractivity contribution in [3.8, 4) is 0 Å². The molecule has 2 heteroatoms. The van der Waals surface area contributed by atoms with E-state index in [9.17, 15) is 0 Å². The van der Waals surface area contributed by atoms with E-state index in [1.54, 1.807) is 0 Å². The van der Waals surface area contributed by atoms with Gasteiger partial charge in [-0.2, -0.15) is 0 Å². The molecule has 0 saturated carbocycles. The van der Waals surface area contributed by atoms with Crippen LogP contribution in [0.15, 0.2) is 36.4 Å². The fraction of sp³-hybridized carbons (Fsp3) is 0.308. The molecule has 2 rings (SSSR count). The summed E-state index contributed by atoms with van der Waals surface area (Å²) in [6, 6.07) is 8.26. The molecule has 1 heterocycles. The third-order valence-electron chi connectivity index (χ3n) is 2.48. The van der Waals surface area contributed by atoms with Crippen LogP contribution in [0, 0.1) is 0 Å². The van der Waals surface area contributed by atoms with Gasteiger partial charge >= 0.3 is 0 Å². The summed E-state index contributed by atoms with van der Waals surface area (Å²) in [6.07, 6.45) is 0.960. The van der Waals surface area contributed by atoms with Gasteiger partial charge in [0.15, 0.2) is 0 Å². The summed E-state index contributed by atoms with van der Waals surface area (Å²) in [6.45, 7) is 9.01. The zero-order chi connectivity index (χ0) is 10.8. The Morgan fingerprint density at radius 3 is 2.80 bits per heavy atom. The van der Waals surface area contributed by atoms with Gasteiger partial charge in [0, 0.05) is 13.0 Å². The van der Waals surface area contributed by atoms with Gasteiger partial charge in [-0.1, -0.05) is 31.2 Å². The van der Waals surface area contributed by atoms with Crippen molar-refractivity contribution < 1.29 is 0 Å². The number of hydrogen-bond donors (Lipinski definition) is 0. The van der Waals surface area contributed by atoms with E-state index in [4.69, 9.17) is 0 Å². The quantitative estimate of drug-likeness (QED) is 0.696. The van der Waals surface area contributed by atoms with E-state index in [1.807, 2.05) is 13.0 Å². The number of aryl methyl sites for hydroxylation is 1. The summed E-state index contributed by atoms with van der Waals surface area (Å²) < 4.78 is 2.25. The molecule has 2 aromatic rings. The van der Waals surface area contributed by atoms with Crippen LogP contribution in [-0.4, -0.2) is 9.55 Å². The lowest BCUT2D eigenvalue weighted by atomic mass is 10.3. The Morgan fingerprint density at radius 1 is 1.40 bits per heavy atom. The third kappa shape index (κ3) is 1.80. The molecular weight excluding hydrogens is 184 g/mol.